The Balaban J connectivity index is 2.18. The van der Waals surface area contributed by atoms with Gasteiger partial charge in [-0.25, -0.2) is 0 Å². The molecule has 6 nitrogen and oxygen atoms in total. The molecule has 0 fully saturated rings. The number of aryl methyl sites for hydroxylation is 1. The Morgan fingerprint density at radius 3 is 2.81 bits per heavy atom. The minimum atomic E-state index is -0.238. The van der Waals surface area contributed by atoms with E-state index in [1.807, 2.05) is 12.1 Å². The van der Waals surface area contributed by atoms with E-state index in [0.717, 1.165) is 3.57 Å². The number of carbonyl (C=O) groups is 1. The molecule has 16 heavy (non-hydrogen) atoms. The van der Waals surface area contributed by atoms with Crippen molar-refractivity contribution in [1.29, 1.82) is 0 Å². The van der Waals surface area contributed by atoms with Gasteiger partial charge in [-0.15, -0.1) is 5.10 Å². The molecule has 2 rings (SSSR count). The van der Waals surface area contributed by atoms with Crippen molar-refractivity contribution in [1.82, 2.24) is 20.2 Å². The molecule has 1 amide bonds. The van der Waals surface area contributed by atoms with E-state index < -0.39 is 0 Å². The van der Waals surface area contributed by atoms with Crippen molar-refractivity contribution in [3.8, 4) is 0 Å². The molecule has 1 aromatic heterocycles. The highest BCUT2D eigenvalue weighted by atomic mass is 127. The lowest BCUT2D eigenvalue weighted by molar-refractivity contribution is 0.102. The van der Waals surface area contributed by atoms with Gasteiger partial charge in [0.15, 0.2) is 0 Å². The number of rotatable bonds is 2. The molecule has 7 heteroatoms. The van der Waals surface area contributed by atoms with Crippen molar-refractivity contribution in [3.63, 3.8) is 0 Å². The molecular weight excluding hydrogens is 321 g/mol. The predicted molar refractivity (Wildman–Crippen MR) is 65.9 cm³/mol. The first-order valence-electron chi connectivity index (χ1n) is 4.46. The first-order chi connectivity index (χ1) is 7.66. The van der Waals surface area contributed by atoms with Crippen LogP contribution < -0.4 is 5.32 Å². The summed E-state index contributed by atoms with van der Waals surface area (Å²) >= 11 is 2.10. The third-order valence-electron chi connectivity index (χ3n) is 1.85. The van der Waals surface area contributed by atoms with Gasteiger partial charge in [-0.2, -0.15) is 4.80 Å². The summed E-state index contributed by atoms with van der Waals surface area (Å²) in [4.78, 5) is 13.1. The first-order valence-corrected chi connectivity index (χ1v) is 5.54. The highest BCUT2D eigenvalue weighted by Gasteiger charge is 2.11. The number of halogens is 1. The lowest BCUT2D eigenvalue weighted by atomic mass is 10.2. The molecule has 0 aliphatic carbocycles. The van der Waals surface area contributed by atoms with Gasteiger partial charge < -0.3 is 0 Å². The van der Waals surface area contributed by atoms with E-state index in [2.05, 4.69) is 43.3 Å². The fourth-order valence-corrected chi connectivity index (χ4v) is 1.78. The Bertz CT molecular complexity index is 524. The number of carbonyl (C=O) groups excluding carboxylic acids is 1. The Hall–Kier alpha value is -1.51. The minimum absolute atomic E-state index is 0.201. The molecule has 0 aliphatic rings. The second-order valence-corrected chi connectivity index (χ2v) is 4.20. The second-order valence-electron chi connectivity index (χ2n) is 3.04. The lowest BCUT2D eigenvalue weighted by Gasteiger charge is -2.02. The van der Waals surface area contributed by atoms with Gasteiger partial charge in [0.05, 0.1) is 12.6 Å². The highest BCUT2D eigenvalue weighted by Crippen LogP contribution is 2.12. The van der Waals surface area contributed by atoms with E-state index >= 15 is 0 Å². The van der Waals surface area contributed by atoms with Crippen molar-refractivity contribution in [2.24, 2.45) is 7.05 Å². The van der Waals surface area contributed by atoms with Crippen molar-refractivity contribution >= 4 is 34.4 Å². The van der Waals surface area contributed by atoms with Gasteiger partial charge in [0.2, 0.25) is 0 Å². The molecule has 0 saturated heterocycles. The topological polar surface area (TPSA) is 72.7 Å². The van der Waals surface area contributed by atoms with E-state index in [1.165, 1.54) is 4.80 Å². The maximum absolute atomic E-state index is 11.8. The maximum atomic E-state index is 11.8. The zero-order valence-corrected chi connectivity index (χ0v) is 10.5. The van der Waals surface area contributed by atoms with E-state index in [-0.39, 0.29) is 11.9 Å². The summed E-state index contributed by atoms with van der Waals surface area (Å²) in [5.41, 5.74) is 0.593. The van der Waals surface area contributed by atoms with Gasteiger partial charge in [-0.05, 0) is 39.9 Å². The fraction of sp³-hybridized carbons (Fsp3) is 0.111. The van der Waals surface area contributed by atoms with Gasteiger partial charge in [0.25, 0.3) is 11.9 Å². The van der Waals surface area contributed by atoms with Crippen LogP contribution in [0.1, 0.15) is 10.4 Å². The summed E-state index contributed by atoms with van der Waals surface area (Å²) in [5.74, 6) is -0.0369. The van der Waals surface area contributed by atoms with Gasteiger partial charge in [0.1, 0.15) is 0 Å². The van der Waals surface area contributed by atoms with Crippen LogP contribution >= 0.6 is 22.6 Å². The summed E-state index contributed by atoms with van der Waals surface area (Å²) in [6.45, 7) is 0. The smallest absolute Gasteiger partial charge is 0.270 e. The van der Waals surface area contributed by atoms with E-state index in [9.17, 15) is 4.79 Å². The Labute approximate surface area is 105 Å². The third kappa shape index (κ3) is 2.35. The molecule has 1 N–H and O–H groups in total. The monoisotopic (exact) mass is 329 g/mol. The van der Waals surface area contributed by atoms with Crippen LogP contribution in [-0.2, 0) is 7.05 Å². The fourth-order valence-electron chi connectivity index (χ4n) is 1.15. The highest BCUT2D eigenvalue weighted by molar-refractivity contribution is 14.1. The SMILES string of the molecule is Cn1nnc(NC(=O)c2ccccc2I)n1. The standard InChI is InChI=1S/C9H8IN5O/c1-15-13-9(12-14-15)11-8(16)6-4-2-3-5-7(6)10/h2-5H,1H3,(H,11,13,16). The van der Waals surface area contributed by atoms with Gasteiger partial charge in [-0.1, -0.05) is 17.2 Å². The number of anilines is 1. The van der Waals surface area contributed by atoms with E-state index in [0.29, 0.717) is 5.56 Å². The molecule has 0 unspecified atom stereocenters. The molecular formula is C9H8IN5O. The van der Waals surface area contributed by atoms with Crippen LogP contribution in [0.15, 0.2) is 24.3 Å². The molecule has 0 atom stereocenters. The number of aromatic nitrogens is 4. The summed E-state index contributed by atoms with van der Waals surface area (Å²) in [7, 11) is 1.63. The van der Waals surface area contributed by atoms with Crippen LogP contribution in [0.5, 0.6) is 0 Å². The Morgan fingerprint density at radius 1 is 1.44 bits per heavy atom. The van der Waals surface area contributed by atoms with Crippen LogP contribution in [0.3, 0.4) is 0 Å². The predicted octanol–water partition coefficient (Wildman–Crippen LogP) is 1.07. The number of benzene rings is 1. The largest absolute Gasteiger partial charge is 0.288 e. The molecule has 82 valence electrons. The van der Waals surface area contributed by atoms with Gasteiger partial charge in [0, 0.05) is 3.57 Å². The van der Waals surface area contributed by atoms with Crippen molar-refractivity contribution in [2.75, 3.05) is 5.32 Å². The molecule has 0 aliphatic heterocycles. The number of tetrazole rings is 1. The molecule has 0 spiro atoms. The molecule has 0 radical (unpaired) electrons. The summed E-state index contributed by atoms with van der Waals surface area (Å²) < 4.78 is 0.876. The number of hydrogen-bond acceptors (Lipinski definition) is 4. The molecule has 1 heterocycles. The zero-order chi connectivity index (χ0) is 11.5. The van der Waals surface area contributed by atoms with Crippen LogP contribution in [-0.4, -0.2) is 26.1 Å². The number of amides is 1. The summed E-state index contributed by atoms with van der Waals surface area (Å²) in [5, 5.41) is 13.7. The number of nitrogens with one attached hydrogen (secondary N) is 1. The van der Waals surface area contributed by atoms with Crippen molar-refractivity contribution in [2.45, 2.75) is 0 Å². The average molecular weight is 329 g/mol. The van der Waals surface area contributed by atoms with Crippen LogP contribution in [0, 0.1) is 3.57 Å². The minimum Gasteiger partial charge on any atom is -0.288 e. The Morgan fingerprint density at radius 2 is 2.19 bits per heavy atom. The van der Waals surface area contributed by atoms with Crippen LogP contribution in [0.4, 0.5) is 5.95 Å². The van der Waals surface area contributed by atoms with Crippen molar-refractivity contribution in [3.05, 3.63) is 33.4 Å². The molecule has 1 aromatic carbocycles. The maximum Gasteiger partial charge on any atom is 0.270 e. The number of nitrogens with zero attached hydrogens (tertiary/aromatic N) is 4. The van der Waals surface area contributed by atoms with Gasteiger partial charge in [-0.3, -0.25) is 10.1 Å². The normalized spacial score (nSPS) is 10.1. The van der Waals surface area contributed by atoms with E-state index in [1.54, 1.807) is 19.2 Å². The van der Waals surface area contributed by atoms with Crippen LogP contribution in [0.25, 0.3) is 0 Å². The van der Waals surface area contributed by atoms with E-state index in [4.69, 9.17) is 0 Å². The second kappa shape index (κ2) is 4.56. The Kier molecular flexibility index (Phi) is 3.13. The summed E-state index contributed by atoms with van der Waals surface area (Å²) in [6, 6.07) is 7.29. The average Bonchev–Trinajstić information content (AvgIpc) is 2.64. The van der Waals surface area contributed by atoms with Crippen LogP contribution in [0.2, 0.25) is 0 Å². The quantitative estimate of drug-likeness (QED) is 0.837. The zero-order valence-electron chi connectivity index (χ0n) is 8.38. The first kappa shape index (κ1) is 11.0. The molecule has 0 bridgehead atoms. The summed E-state index contributed by atoms with van der Waals surface area (Å²) in [6.07, 6.45) is 0. The number of hydrogen-bond donors (Lipinski definition) is 1. The lowest BCUT2D eigenvalue weighted by Crippen LogP contribution is -2.14. The van der Waals surface area contributed by atoms with Gasteiger partial charge >= 0.3 is 0 Å². The third-order valence-corrected chi connectivity index (χ3v) is 2.79. The molecule has 0 saturated carbocycles. The molecule has 2 aromatic rings. The van der Waals surface area contributed by atoms with Crippen molar-refractivity contribution < 1.29 is 4.79 Å².